The van der Waals surface area contributed by atoms with Crippen molar-refractivity contribution in [2.75, 3.05) is 6.54 Å². The molecule has 6 heteroatoms. The van der Waals surface area contributed by atoms with Crippen molar-refractivity contribution in [1.29, 1.82) is 0 Å². The van der Waals surface area contributed by atoms with Crippen molar-refractivity contribution in [2.45, 2.75) is 18.9 Å². The minimum atomic E-state index is -0.578. The van der Waals surface area contributed by atoms with Crippen LogP contribution in [0.2, 0.25) is 0 Å². The van der Waals surface area contributed by atoms with Crippen LogP contribution in [-0.4, -0.2) is 18.5 Å². The van der Waals surface area contributed by atoms with Gasteiger partial charge in [-0.2, -0.15) is 0 Å². The molecule has 0 fully saturated rings. The van der Waals surface area contributed by atoms with Crippen LogP contribution in [0.25, 0.3) is 0 Å². The maximum absolute atomic E-state index is 10.4. The molecule has 0 aromatic carbocycles. The summed E-state index contributed by atoms with van der Waals surface area (Å²) >= 11 is 0. The van der Waals surface area contributed by atoms with Gasteiger partial charge in [0.1, 0.15) is 0 Å². The molecule has 1 amide bonds. The lowest BCUT2D eigenvalue weighted by Gasteiger charge is -2.08. The first-order valence-corrected chi connectivity index (χ1v) is 3.70. The van der Waals surface area contributed by atoms with Gasteiger partial charge in [-0.25, -0.2) is 0 Å². The zero-order valence-electron chi connectivity index (χ0n) is 6.92. The molecule has 0 aliphatic carbocycles. The van der Waals surface area contributed by atoms with Crippen LogP contribution in [0.4, 0.5) is 0 Å². The van der Waals surface area contributed by atoms with Gasteiger partial charge in [0.05, 0.1) is 6.04 Å². The van der Waals surface area contributed by atoms with Crippen molar-refractivity contribution in [1.82, 2.24) is 5.32 Å². The Kier molecular flexibility index (Phi) is 5.56. The third kappa shape index (κ3) is 6.05. The number of nitrogens with one attached hydrogen (secondary N) is 1. The van der Waals surface area contributed by atoms with Crippen LogP contribution in [0.5, 0.6) is 0 Å². The molecule has 9 N–H and O–H groups in total. The number of rotatable bonds is 6. The second-order valence-electron chi connectivity index (χ2n) is 2.53. The smallest absolute Gasteiger partial charge is 0.234 e. The average molecular weight is 174 g/mol. The molecular formula is C6H16N5O. The average Bonchev–Trinajstić information content (AvgIpc) is 1.97. The van der Waals surface area contributed by atoms with Gasteiger partial charge in [-0.1, -0.05) is 0 Å². The molecular weight excluding hydrogens is 158 g/mol. The third-order valence-electron chi connectivity index (χ3n) is 1.39. The first-order valence-electron chi connectivity index (χ1n) is 3.70. The second-order valence-corrected chi connectivity index (χ2v) is 2.53. The Bertz CT molecular complexity index is 138. The van der Waals surface area contributed by atoms with Gasteiger partial charge in [0.15, 0.2) is 6.29 Å². The van der Waals surface area contributed by atoms with E-state index < -0.39 is 11.9 Å². The normalized spacial score (nSPS) is 13.3. The summed E-state index contributed by atoms with van der Waals surface area (Å²) in [6.07, 6.45) is 1.42. The van der Waals surface area contributed by atoms with E-state index in [1.807, 2.05) is 0 Å². The Balaban J connectivity index is 3.25. The molecule has 1 atom stereocenters. The summed E-state index contributed by atoms with van der Waals surface area (Å²) in [5.41, 5.74) is 20.6. The quantitative estimate of drug-likeness (QED) is 0.285. The van der Waals surface area contributed by atoms with Gasteiger partial charge >= 0.3 is 0 Å². The van der Waals surface area contributed by atoms with Crippen molar-refractivity contribution in [3.63, 3.8) is 0 Å². The standard InChI is InChI=1S/C6H16N5O/c7-4(5(8)12)2-1-3-11-6(9)10/h4,11H,1-3,7,9-10H2,(H2,8,12)/t4-/m0/s1. The van der Waals surface area contributed by atoms with Crippen LogP contribution in [0, 0.1) is 6.29 Å². The highest BCUT2D eigenvalue weighted by Crippen LogP contribution is 1.91. The highest BCUT2D eigenvalue weighted by Gasteiger charge is 2.07. The van der Waals surface area contributed by atoms with Gasteiger partial charge in [0.25, 0.3) is 0 Å². The Morgan fingerprint density at radius 1 is 1.33 bits per heavy atom. The third-order valence-corrected chi connectivity index (χ3v) is 1.39. The second kappa shape index (κ2) is 5.90. The van der Waals surface area contributed by atoms with E-state index >= 15 is 0 Å². The summed E-state index contributed by atoms with van der Waals surface area (Å²) in [5, 5.41) is 2.70. The fourth-order valence-corrected chi connectivity index (χ4v) is 0.697. The molecule has 6 nitrogen and oxygen atoms in total. The summed E-state index contributed by atoms with van der Waals surface area (Å²) in [6, 6.07) is -0.578. The summed E-state index contributed by atoms with van der Waals surface area (Å²) in [7, 11) is 0. The van der Waals surface area contributed by atoms with Crippen molar-refractivity contribution >= 4 is 5.91 Å². The predicted octanol–water partition coefficient (Wildman–Crippen LogP) is -2.47. The van der Waals surface area contributed by atoms with Crippen molar-refractivity contribution < 1.29 is 4.79 Å². The van der Waals surface area contributed by atoms with E-state index in [-0.39, 0.29) is 6.29 Å². The van der Waals surface area contributed by atoms with Gasteiger partial charge in [-0.3, -0.25) is 21.6 Å². The van der Waals surface area contributed by atoms with E-state index in [9.17, 15) is 4.79 Å². The largest absolute Gasteiger partial charge is 0.368 e. The van der Waals surface area contributed by atoms with Crippen molar-refractivity contribution in [3.05, 3.63) is 6.29 Å². The van der Waals surface area contributed by atoms with E-state index in [4.69, 9.17) is 22.9 Å². The molecule has 0 saturated heterocycles. The zero-order chi connectivity index (χ0) is 9.56. The molecule has 0 spiro atoms. The number of carbonyl (C=O) groups is 1. The number of primary amides is 1. The van der Waals surface area contributed by atoms with E-state index in [1.165, 1.54) is 0 Å². The summed E-state index contributed by atoms with van der Waals surface area (Å²) in [5.74, 6) is -0.486. The molecule has 0 aliphatic rings. The van der Waals surface area contributed by atoms with Crippen LogP contribution in [0.1, 0.15) is 12.8 Å². The van der Waals surface area contributed by atoms with Gasteiger partial charge < -0.3 is 11.5 Å². The Morgan fingerprint density at radius 2 is 1.92 bits per heavy atom. The highest BCUT2D eigenvalue weighted by molar-refractivity contribution is 5.79. The van der Waals surface area contributed by atoms with Crippen molar-refractivity contribution in [2.24, 2.45) is 22.9 Å². The van der Waals surface area contributed by atoms with Crippen LogP contribution in [0.15, 0.2) is 0 Å². The zero-order valence-corrected chi connectivity index (χ0v) is 6.92. The van der Waals surface area contributed by atoms with E-state index in [0.29, 0.717) is 19.4 Å². The SMILES string of the molecule is N[C](N)NCCC[C@H](N)C(N)=O. The molecule has 0 rings (SSSR count). The Hall–Kier alpha value is -0.690. The lowest BCUT2D eigenvalue weighted by molar-refractivity contribution is -0.119. The van der Waals surface area contributed by atoms with Crippen LogP contribution in [0.3, 0.4) is 0 Å². The molecule has 71 valence electrons. The molecule has 0 aromatic rings. The topological polar surface area (TPSA) is 133 Å². The number of hydrogen-bond acceptors (Lipinski definition) is 5. The molecule has 12 heavy (non-hydrogen) atoms. The minimum Gasteiger partial charge on any atom is -0.368 e. The number of carbonyl (C=O) groups excluding carboxylic acids is 1. The van der Waals surface area contributed by atoms with E-state index in [2.05, 4.69) is 5.32 Å². The minimum absolute atomic E-state index is 0.169. The van der Waals surface area contributed by atoms with Gasteiger partial charge in [-0.15, -0.1) is 0 Å². The lowest BCUT2D eigenvalue weighted by atomic mass is 10.1. The molecule has 0 bridgehead atoms. The van der Waals surface area contributed by atoms with Gasteiger partial charge in [0, 0.05) is 0 Å². The van der Waals surface area contributed by atoms with Crippen LogP contribution >= 0.6 is 0 Å². The summed E-state index contributed by atoms with van der Waals surface area (Å²) in [6.45, 7) is 0.601. The van der Waals surface area contributed by atoms with Gasteiger partial charge in [0.2, 0.25) is 5.91 Å². The molecule has 0 saturated carbocycles. The fraction of sp³-hybridized carbons (Fsp3) is 0.667. The first-order chi connectivity index (χ1) is 5.54. The monoisotopic (exact) mass is 174 g/mol. The van der Waals surface area contributed by atoms with Crippen molar-refractivity contribution in [3.8, 4) is 0 Å². The Morgan fingerprint density at radius 3 is 2.33 bits per heavy atom. The van der Waals surface area contributed by atoms with Crippen LogP contribution in [-0.2, 0) is 4.79 Å². The van der Waals surface area contributed by atoms with E-state index in [1.54, 1.807) is 0 Å². The highest BCUT2D eigenvalue weighted by atomic mass is 16.1. The Labute approximate surface area is 71.6 Å². The maximum atomic E-state index is 10.4. The van der Waals surface area contributed by atoms with Gasteiger partial charge in [-0.05, 0) is 19.4 Å². The number of amides is 1. The molecule has 0 unspecified atom stereocenters. The molecule has 0 aromatic heterocycles. The summed E-state index contributed by atoms with van der Waals surface area (Å²) in [4.78, 5) is 10.4. The summed E-state index contributed by atoms with van der Waals surface area (Å²) < 4.78 is 0. The molecule has 1 radical (unpaired) electrons. The predicted molar refractivity (Wildman–Crippen MR) is 46.0 cm³/mol. The fourth-order valence-electron chi connectivity index (χ4n) is 0.697. The first kappa shape index (κ1) is 11.3. The maximum Gasteiger partial charge on any atom is 0.234 e. The van der Waals surface area contributed by atoms with E-state index in [0.717, 1.165) is 0 Å². The van der Waals surface area contributed by atoms with Crippen LogP contribution < -0.4 is 28.3 Å². The molecule has 0 heterocycles. The number of nitrogens with two attached hydrogens (primary N) is 4. The lowest BCUT2D eigenvalue weighted by Crippen LogP contribution is -2.39. The number of hydrogen-bond donors (Lipinski definition) is 5. The molecule has 0 aliphatic heterocycles.